The molecule has 2 aromatic rings. The van der Waals surface area contributed by atoms with Gasteiger partial charge in [-0.3, -0.25) is 0 Å². The van der Waals surface area contributed by atoms with Gasteiger partial charge in [-0.1, -0.05) is 18.2 Å². The number of fused-ring (bicyclic) bond motifs is 1. The molecule has 0 atom stereocenters. The number of rotatable bonds is 0. The van der Waals surface area contributed by atoms with E-state index in [1.165, 1.54) is 0 Å². The van der Waals surface area contributed by atoms with Crippen LogP contribution in [0.3, 0.4) is 0 Å². The van der Waals surface area contributed by atoms with Gasteiger partial charge in [0.2, 0.25) is 5.95 Å². The highest BCUT2D eigenvalue weighted by Crippen LogP contribution is 2.19. The van der Waals surface area contributed by atoms with Crippen molar-refractivity contribution in [2.75, 3.05) is 0 Å². The third kappa shape index (κ3) is 0.785. The summed E-state index contributed by atoms with van der Waals surface area (Å²) in [5.74, 6) is -0.557. The molecule has 12 heavy (non-hydrogen) atoms. The van der Waals surface area contributed by atoms with Crippen LogP contribution in [0.1, 0.15) is 5.56 Å². The quantitative estimate of drug-likeness (QED) is 0.630. The summed E-state index contributed by atoms with van der Waals surface area (Å²) in [5, 5.41) is 9.23. The molecule has 2 nitrogen and oxygen atoms in total. The van der Waals surface area contributed by atoms with Crippen molar-refractivity contribution in [2.45, 2.75) is 0 Å². The molecule has 1 heterocycles. The minimum Gasteiger partial charge on any atom is -0.330 e. The van der Waals surface area contributed by atoms with Crippen molar-refractivity contribution in [3.8, 4) is 6.07 Å². The number of aromatic amines is 1. The van der Waals surface area contributed by atoms with Crippen molar-refractivity contribution in [3.63, 3.8) is 0 Å². The zero-order valence-corrected chi connectivity index (χ0v) is 6.13. The molecular weight excluding hydrogens is 155 g/mol. The molecule has 0 unspecified atom stereocenters. The van der Waals surface area contributed by atoms with E-state index in [1.807, 2.05) is 6.07 Å². The Kier molecular flexibility index (Phi) is 1.34. The number of nitrogens with one attached hydrogen (secondary N) is 1. The van der Waals surface area contributed by atoms with Gasteiger partial charge in [0.1, 0.15) is 11.6 Å². The number of para-hydroxylation sites is 1. The first-order valence-electron chi connectivity index (χ1n) is 3.49. The second-order valence-corrected chi connectivity index (χ2v) is 2.47. The summed E-state index contributed by atoms with van der Waals surface area (Å²) in [4.78, 5) is 2.49. The Morgan fingerprint density at radius 1 is 1.33 bits per heavy atom. The molecule has 0 spiro atoms. The van der Waals surface area contributed by atoms with Crippen LogP contribution in [-0.4, -0.2) is 4.98 Å². The Morgan fingerprint density at radius 3 is 2.83 bits per heavy atom. The third-order valence-electron chi connectivity index (χ3n) is 1.77. The smallest absolute Gasteiger partial charge is 0.210 e. The molecule has 0 fully saturated rings. The van der Waals surface area contributed by atoms with Crippen LogP contribution in [0.2, 0.25) is 0 Å². The van der Waals surface area contributed by atoms with Crippen molar-refractivity contribution < 1.29 is 4.39 Å². The zero-order chi connectivity index (χ0) is 8.55. The minimum absolute atomic E-state index is 0.0885. The summed E-state index contributed by atoms with van der Waals surface area (Å²) in [5.41, 5.74) is 0.747. The van der Waals surface area contributed by atoms with Gasteiger partial charge in [0.05, 0.1) is 0 Å². The predicted molar refractivity (Wildman–Crippen MR) is 43.0 cm³/mol. The van der Waals surface area contributed by atoms with Gasteiger partial charge in [0.25, 0.3) is 0 Å². The third-order valence-corrected chi connectivity index (χ3v) is 1.77. The maximum absolute atomic E-state index is 12.9. The molecule has 0 aliphatic carbocycles. The summed E-state index contributed by atoms with van der Waals surface area (Å²) in [6.07, 6.45) is 0. The van der Waals surface area contributed by atoms with Crippen molar-refractivity contribution >= 4 is 10.9 Å². The molecule has 1 aromatic heterocycles. The molecule has 0 aliphatic heterocycles. The highest BCUT2D eigenvalue weighted by atomic mass is 19.1. The van der Waals surface area contributed by atoms with Crippen LogP contribution >= 0.6 is 0 Å². The summed E-state index contributed by atoms with van der Waals surface area (Å²) in [6.45, 7) is 0. The SMILES string of the molecule is N#Cc1c(F)[nH]c2ccccc12. The second-order valence-electron chi connectivity index (χ2n) is 2.47. The fraction of sp³-hybridized carbons (Fsp3) is 0. The van der Waals surface area contributed by atoms with Gasteiger partial charge in [-0.05, 0) is 6.07 Å². The highest BCUT2D eigenvalue weighted by molar-refractivity contribution is 5.85. The van der Waals surface area contributed by atoms with Gasteiger partial charge < -0.3 is 4.98 Å². The van der Waals surface area contributed by atoms with Crippen molar-refractivity contribution in [1.29, 1.82) is 5.26 Å². The predicted octanol–water partition coefficient (Wildman–Crippen LogP) is 2.18. The molecule has 1 N–H and O–H groups in total. The van der Waals surface area contributed by atoms with Crippen LogP contribution in [-0.2, 0) is 0 Å². The molecule has 0 aliphatic rings. The molecule has 58 valence electrons. The van der Waals surface area contributed by atoms with Crippen LogP contribution in [0.4, 0.5) is 4.39 Å². The Hall–Kier alpha value is -1.82. The Morgan fingerprint density at radius 2 is 2.08 bits per heavy atom. The van der Waals surface area contributed by atoms with Crippen LogP contribution in [0.5, 0.6) is 0 Å². The number of H-pyrrole nitrogens is 1. The maximum Gasteiger partial charge on any atom is 0.210 e. The lowest BCUT2D eigenvalue weighted by atomic mass is 10.2. The van der Waals surface area contributed by atoms with E-state index in [4.69, 9.17) is 5.26 Å². The molecule has 2 rings (SSSR count). The van der Waals surface area contributed by atoms with E-state index in [0.29, 0.717) is 10.9 Å². The lowest BCUT2D eigenvalue weighted by molar-refractivity contribution is 0.591. The van der Waals surface area contributed by atoms with E-state index in [2.05, 4.69) is 4.98 Å². The van der Waals surface area contributed by atoms with E-state index in [9.17, 15) is 4.39 Å². The van der Waals surface area contributed by atoms with E-state index >= 15 is 0 Å². The number of aromatic nitrogens is 1. The lowest BCUT2D eigenvalue weighted by Crippen LogP contribution is -1.74. The largest absolute Gasteiger partial charge is 0.330 e. The minimum atomic E-state index is -0.557. The number of halogens is 1. The van der Waals surface area contributed by atoms with Crippen molar-refractivity contribution in [1.82, 2.24) is 4.98 Å². The van der Waals surface area contributed by atoms with Crippen LogP contribution < -0.4 is 0 Å². The first-order chi connectivity index (χ1) is 5.83. The van der Waals surface area contributed by atoms with E-state index in [0.717, 1.165) is 0 Å². The molecule has 0 saturated heterocycles. The lowest BCUT2D eigenvalue weighted by Gasteiger charge is -1.85. The van der Waals surface area contributed by atoms with Crippen LogP contribution in [0.15, 0.2) is 24.3 Å². The number of nitrogens with zero attached hydrogens (tertiary/aromatic N) is 1. The molecule has 0 amide bonds. The normalized spacial score (nSPS) is 10.0. The zero-order valence-electron chi connectivity index (χ0n) is 6.13. The van der Waals surface area contributed by atoms with E-state index < -0.39 is 5.95 Å². The Bertz CT molecular complexity index is 465. The summed E-state index contributed by atoms with van der Waals surface area (Å²) < 4.78 is 12.9. The fourth-order valence-electron chi connectivity index (χ4n) is 1.22. The van der Waals surface area contributed by atoms with Gasteiger partial charge in [0, 0.05) is 10.9 Å². The van der Waals surface area contributed by atoms with E-state index in [-0.39, 0.29) is 5.56 Å². The van der Waals surface area contributed by atoms with Gasteiger partial charge in [-0.15, -0.1) is 0 Å². The topological polar surface area (TPSA) is 39.6 Å². The van der Waals surface area contributed by atoms with Gasteiger partial charge in [0.15, 0.2) is 0 Å². The first kappa shape index (κ1) is 6.86. The van der Waals surface area contributed by atoms with E-state index in [1.54, 1.807) is 24.3 Å². The van der Waals surface area contributed by atoms with Crippen LogP contribution in [0.25, 0.3) is 10.9 Å². The van der Waals surface area contributed by atoms with Crippen molar-refractivity contribution in [2.24, 2.45) is 0 Å². The molecule has 0 bridgehead atoms. The number of hydrogen-bond donors (Lipinski definition) is 1. The Labute approximate surface area is 68.2 Å². The molecular formula is C9H5FN2. The van der Waals surface area contributed by atoms with Crippen LogP contribution in [0, 0.1) is 17.3 Å². The number of nitriles is 1. The average Bonchev–Trinajstić information content (AvgIpc) is 2.40. The maximum atomic E-state index is 12.9. The Balaban J connectivity index is 2.93. The highest BCUT2D eigenvalue weighted by Gasteiger charge is 2.08. The standard InChI is InChI=1S/C9H5FN2/c10-9-7(5-11)6-3-1-2-4-8(6)12-9/h1-4,12H. The van der Waals surface area contributed by atoms with Crippen molar-refractivity contribution in [3.05, 3.63) is 35.8 Å². The van der Waals surface area contributed by atoms with Gasteiger partial charge >= 0.3 is 0 Å². The molecule has 1 aromatic carbocycles. The molecule has 0 saturated carbocycles. The van der Waals surface area contributed by atoms with Gasteiger partial charge in [-0.2, -0.15) is 9.65 Å². The molecule has 0 radical (unpaired) electrons. The average molecular weight is 160 g/mol. The summed E-state index contributed by atoms with van der Waals surface area (Å²) in [7, 11) is 0. The monoisotopic (exact) mass is 160 g/mol. The number of hydrogen-bond acceptors (Lipinski definition) is 1. The number of benzene rings is 1. The van der Waals surface area contributed by atoms with Gasteiger partial charge in [-0.25, -0.2) is 0 Å². The molecule has 3 heteroatoms. The fourth-order valence-corrected chi connectivity index (χ4v) is 1.22. The summed E-state index contributed by atoms with van der Waals surface area (Å²) in [6, 6.07) is 8.83. The second kappa shape index (κ2) is 2.35. The summed E-state index contributed by atoms with van der Waals surface area (Å²) >= 11 is 0. The first-order valence-corrected chi connectivity index (χ1v) is 3.49.